The minimum Gasteiger partial charge on any atom is -0.443 e. The number of rotatable bonds is 1. The van der Waals surface area contributed by atoms with Gasteiger partial charge in [-0.2, -0.15) is 26.3 Å². The van der Waals surface area contributed by atoms with Crippen LogP contribution in [0.2, 0.25) is 0 Å². The number of alkyl halides is 6. The number of aliphatic imine (C=N–C) groups is 1. The smallest absolute Gasteiger partial charge is 0.427 e. The first-order valence-corrected chi connectivity index (χ1v) is 7.31. The molecule has 1 aromatic rings. The number of hydrogen-bond donors (Lipinski definition) is 0. The standard InChI is InChI=1S/C16H11F6NO2/c17-15(18,19)14(16(20,21)22)12-10(24)7-4-8-11(12)25-13(23-14)9-5-2-1-3-6-9/h1-3,5-6H,4,7-8H2. The van der Waals surface area contributed by atoms with E-state index in [1.807, 2.05) is 0 Å². The van der Waals surface area contributed by atoms with Gasteiger partial charge in [-0.15, -0.1) is 0 Å². The molecular formula is C16H11F6NO2. The van der Waals surface area contributed by atoms with Crippen molar-refractivity contribution in [3.63, 3.8) is 0 Å². The van der Waals surface area contributed by atoms with Crippen LogP contribution in [-0.4, -0.2) is 29.6 Å². The fourth-order valence-electron chi connectivity index (χ4n) is 2.94. The van der Waals surface area contributed by atoms with E-state index < -0.39 is 47.3 Å². The molecule has 0 atom stereocenters. The van der Waals surface area contributed by atoms with E-state index in [-0.39, 0.29) is 18.4 Å². The number of ketones is 1. The lowest BCUT2D eigenvalue weighted by molar-refractivity contribution is -0.283. The maximum Gasteiger partial charge on any atom is 0.427 e. The minimum absolute atomic E-state index is 0.0371. The summed E-state index contributed by atoms with van der Waals surface area (Å²) in [4.78, 5) is 14.9. The molecule has 0 saturated carbocycles. The molecule has 0 radical (unpaired) electrons. The predicted molar refractivity (Wildman–Crippen MR) is 74.8 cm³/mol. The second-order valence-corrected chi connectivity index (χ2v) is 5.67. The maximum absolute atomic E-state index is 13.7. The van der Waals surface area contributed by atoms with Crippen molar-refractivity contribution in [1.82, 2.24) is 0 Å². The Labute approximate surface area is 138 Å². The van der Waals surface area contributed by atoms with Gasteiger partial charge in [0.25, 0.3) is 5.54 Å². The lowest BCUT2D eigenvalue weighted by atomic mass is 9.79. The molecule has 1 heterocycles. The van der Waals surface area contributed by atoms with E-state index in [1.54, 1.807) is 6.07 Å². The van der Waals surface area contributed by atoms with Gasteiger partial charge in [-0.25, -0.2) is 4.99 Å². The van der Waals surface area contributed by atoms with Crippen molar-refractivity contribution in [3.8, 4) is 0 Å². The molecule has 25 heavy (non-hydrogen) atoms. The monoisotopic (exact) mass is 363 g/mol. The molecule has 3 nitrogen and oxygen atoms in total. The number of hydrogen-bond acceptors (Lipinski definition) is 3. The van der Waals surface area contributed by atoms with Crippen molar-refractivity contribution in [2.45, 2.75) is 37.2 Å². The Morgan fingerprint density at radius 3 is 2.12 bits per heavy atom. The number of carbonyl (C=O) groups excluding carboxylic acids is 1. The summed E-state index contributed by atoms with van der Waals surface area (Å²) in [5.74, 6) is -2.66. The highest BCUT2D eigenvalue weighted by atomic mass is 19.4. The van der Waals surface area contributed by atoms with Gasteiger partial charge in [-0.1, -0.05) is 18.2 Å². The number of allylic oxidation sites excluding steroid dienone is 1. The van der Waals surface area contributed by atoms with Crippen molar-refractivity contribution in [2.75, 3.05) is 0 Å². The highest BCUT2D eigenvalue weighted by Gasteiger charge is 2.76. The van der Waals surface area contributed by atoms with E-state index in [0.29, 0.717) is 0 Å². The number of carbonyl (C=O) groups is 1. The quantitative estimate of drug-likeness (QED) is 0.697. The van der Waals surface area contributed by atoms with Crippen LogP contribution in [0.5, 0.6) is 0 Å². The van der Waals surface area contributed by atoms with E-state index in [0.717, 1.165) is 0 Å². The molecule has 3 rings (SSSR count). The first-order chi connectivity index (χ1) is 11.6. The van der Waals surface area contributed by atoms with Gasteiger partial charge >= 0.3 is 12.4 Å². The fourth-order valence-corrected chi connectivity index (χ4v) is 2.94. The number of halogens is 6. The highest BCUT2D eigenvalue weighted by Crippen LogP contribution is 2.54. The third-order valence-electron chi connectivity index (χ3n) is 4.06. The molecule has 0 amide bonds. The Bertz CT molecular complexity index is 747. The van der Waals surface area contributed by atoms with Gasteiger partial charge in [0.15, 0.2) is 5.78 Å². The first kappa shape index (κ1) is 17.5. The van der Waals surface area contributed by atoms with Gasteiger partial charge in [0, 0.05) is 18.4 Å². The molecule has 0 aromatic heterocycles. The summed E-state index contributed by atoms with van der Waals surface area (Å²) < 4.78 is 87.1. The lowest BCUT2D eigenvalue weighted by Crippen LogP contribution is -2.60. The summed E-state index contributed by atoms with van der Waals surface area (Å²) in [5.41, 5.74) is -6.10. The summed E-state index contributed by atoms with van der Waals surface area (Å²) in [6.07, 6.45) is -12.2. The maximum atomic E-state index is 13.7. The average molecular weight is 363 g/mol. The molecule has 1 aromatic carbocycles. The molecule has 134 valence electrons. The molecule has 0 saturated heterocycles. The van der Waals surface area contributed by atoms with E-state index in [9.17, 15) is 31.1 Å². The molecule has 0 spiro atoms. The van der Waals surface area contributed by atoms with Crippen LogP contribution in [0, 0.1) is 0 Å². The van der Waals surface area contributed by atoms with Crippen molar-refractivity contribution in [3.05, 3.63) is 47.2 Å². The van der Waals surface area contributed by atoms with Crippen LogP contribution in [0.1, 0.15) is 24.8 Å². The molecule has 0 bridgehead atoms. The Morgan fingerprint density at radius 2 is 1.56 bits per heavy atom. The number of benzene rings is 1. The van der Waals surface area contributed by atoms with Gasteiger partial charge in [0.05, 0.1) is 5.57 Å². The number of nitrogens with zero attached hydrogens (tertiary/aromatic N) is 1. The molecule has 0 fully saturated rings. The van der Waals surface area contributed by atoms with Gasteiger partial charge < -0.3 is 4.74 Å². The normalized spacial score (nSPS) is 20.7. The van der Waals surface area contributed by atoms with Crippen LogP contribution in [-0.2, 0) is 9.53 Å². The van der Waals surface area contributed by atoms with Crippen molar-refractivity contribution < 1.29 is 35.9 Å². The van der Waals surface area contributed by atoms with E-state index >= 15 is 0 Å². The minimum atomic E-state index is -5.84. The molecular weight excluding hydrogens is 352 g/mol. The average Bonchev–Trinajstić information content (AvgIpc) is 2.52. The second kappa shape index (κ2) is 5.60. The van der Waals surface area contributed by atoms with Gasteiger partial charge in [-0.05, 0) is 18.6 Å². The van der Waals surface area contributed by atoms with Crippen LogP contribution in [0.3, 0.4) is 0 Å². The largest absolute Gasteiger partial charge is 0.443 e. The number of Topliss-reactive ketones (excluding diaryl/α,β-unsaturated/α-hetero) is 1. The van der Waals surface area contributed by atoms with Crippen molar-refractivity contribution in [1.29, 1.82) is 0 Å². The summed E-state index contributed by atoms with van der Waals surface area (Å²) in [7, 11) is 0. The van der Waals surface area contributed by atoms with Gasteiger partial charge in [-0.3, -0.25) is 4.79 Å². The van der Waals surface area contributed by atoms with Gasteiger partial charge in [0.1, 0.15) is 5.76 Å². The van der Waals surface area contributed by atoms with Crippen LogP contribution in [0.25, 0.3) is 0 Å². The fraction of sp³-hybridized carbons (Fsp3) is 0.375. The van der Waals surface area contributed by atoms with Crippen molar-refractivity contribution in [2.24, 2.45) is 4.99 Å². The molecule has 2 aliphatic rings. The van der Waals surface area contributed by atoms with E-state index in [1.165, 1.54) is 24.3 Å². The van der Waals surface area contributed by atoms with Crippen LogP contribution in [0.15, 0.2) is 46.7 Å². The molecule has 1 aliphatic carbocycles. The third kappa shape index (κ3) is 2.61. The zero-order valence-electron chi connectivity index (χ0n) is 12.5. The Morgan fingerprint density at radius 1 is 0.960 bits per heavy atom. The van der Waals surface area contributed by atoms with E-state index in [2.05, 4.69) is 4.99 Å². The Hall–Kier alpha value is -2.32. The highest BCUT2D eigenvalue weighted by molar-refractivity contribution is 6.04. The molecule has 0 unspecified atom stereocenters. The summed E-state index contributed by atoms with van der Waals surface area (Å²) in [5, 5.41) is 0. The number of ether oxygens (including phenoxy) is 1. The van der Waals surface area contributed by atoms with Crippen LogP contribution < -0.4 is 0 Å². The Balaban J connectivity index is 2.31. The second-order valence-electron chi connectivity index (χ2n) is 5.67. The van der Waals surface area contributed by atoms with Crippen molar-refractivity contribution >= 4 is 11.7 Å². The molecule has 1 aliphatic heterocycles. The molecule has 0 N–H and O–H groups in total. The van der Waals surface area contributed by atoms with Crippen LogP contribution >= 0.6 is 0 Å². The zero-order valence-corrected chi connectivity index (χ0v) is 12.5. The summed E-state index contributed by atoms with van der Waals surface area (Å²) >= 11 is 0. The first-order valence-electron chi connectivity index (χ1n) is 7.31. The molecule has 9 heteroatoms. The lowest BCUT2D eigenvalue weighted by Gasteiger charge is -2.40. The topological polar surface area (TPSA) is 38.7 Å². The zero-order chi connectivity index (χ0) is 18.5. The summed E-state index contributed by atoms with van der Waals surface area (Å²) in [6.45, 7) is 0. The summed E-state index contributed by atoms with van der Waals surface area (Å²) in [6, 6.07) is 6.97. The SMILES string of the molecule is O=C1CCCC2=C1C(C(F)(F)F)(C(F)(F)F)N=C(c1ccccc1)O2. The third-order valence-corrected chi connectivity index (χ3v) is 4.06. The van der Waals surface area contributed by atoms with E-state index in [4.69, 9.17) is 4.74 Å². The van der Waals surface area contributed by atoms with Gasteiger partial charge in [0.2, 0.25) is 5.90 Å². The predicted octanol–water partition coefficient (Wildman–Crippen LogP) is 4.33. The Kier molecular flexibility index (Phi) is 3.92. The van der Waals surface area contributed by atoms with Crippen LogP contribution in [0.4, 0.5) is 26.3 Å².